The number of benzene rings is 3. The van der Waals surface area contributed by atoms with Crippen LogP contribution in [0.15, 0.2) is 65.7 Å². The molecule has 0 saturated heterocycles. The number of rotatable bonds is 5. The number of urea groups is 1. The van der Waals surface area contributed by atoms with Crippen LogP contribution in [-0.4, -0.2) is 45.1 Å². The summed E-state index contributed by atoms with van der Waals surface area (Å²) in [5.41, 5.74) is 10.5. The van der Waals surface area contributed by atoms with E-state index in [2.05, 4.69) is 0 Å². The Balaban J connectivity index is 2.05. The molecule has 4 rings (SSSR count). The number of aryl methyl sites for hydroxylation is 2. The van der Waals surface area contributed by atoms with Crippen molar-refractivity contribution >= 4 is 29.0 Å². The average Bonchev–Trinajstić information content (AvgIpc) is 2.94. The number of primary amides is 1. The summed E-state index contributed by atoms with van der Waals surface area (Å²) in [5, 5.41) is 0. The molecule has 3 amide bonds. The van der Waals surface area contributed by atoms with E-state index in [1.165, 1.54) is 9.80 Å². The Hall–Kier alpha value is -4.33. The number of hydrogen-bond donors (Lipinski definition) is 1. The zero-order valence-corrected chi connectivity index (χ0v) is 20.4. The molecule has 2 N–H and O–H groups in total. The van der Waals surface area contributed by atoms with Crippen LogP contribution in [0.5, 0.6) is 11.5 Å². The molecule has 1 atom stereocenters. The lowest BCUT2D eigenvalue weighted by Crippen LogP contribution is -2.51. The molecule has 0 spiro atoms. The van der Waals surface area contributed by atoms with Crippen LogP contribution in [0.2, 0.25) is 0 Å². The lowest BCUT2D eigenvalue weighted by molar-refractivity contribution is -0.119. The van der Waals surface area contributed by atoms with E-state index >= 15 is 0 Å². The van der Waals surface area contributed by atoms with Crippen LogP contribution in [0.4, 0.5) is 16.2 Å². The molecule has 0 aliphatic carbocycles. The number of anilines is 2. The minimum atomic E-state index is -1.25. The highest BCUT2D eigenvalue weighted by Crippen LogP contribution is 2.37. The maximum absolute atomic E-state index is 13.8. The Morgan fingerprint density at radius 3 is 2.23 bits per heavy atom. The molecule has 1 aliphatic heterocycles. The number of benzodiazepines with no additional fused rings is 1. The van der Waals surface area contributed by atoms with Crippen molar-refractivity contribution in [3.63, 3.8) is 0 Å². The van der Waals surface area contributed by atoms with Gasteiger partial charge in [0.15, 0.2) is 0 Å². The Bertz CT molecular complexity index is 1310. The summed E-state index contributed by atoms with van der Waals surface area (Å²) >= 11 is 0. The molecule has 0 saturated carbocycles. The largest absolute Gasteiger partial charge is 0.496 e. The van der Waals surface area contributed by atoms with Gasteiger partial charge in [-0.2, -0.15) is 0 Å². The molecule has 8 heteroatoms. The van der Waals surface area contributed by atoms with Crippen LogP contribution in [0, 0.1) is 13.8 Å². The van der Waals surface area contributed by atoms with Crippen molar-refractivity contribution in [3.05, 3.63) is 82.9 Å². The molecule has 35 heavy (non-hydrogen) atoms. The highest BCUT2D eigenvalue weighted by atomic mass is 16.5. The average molecular weight is 473 g/mol. The SMILES string of the molecule is COc1cc(C)cc(OC)c1C1=NC(N(C(N)=O)c2cccc(C)c2)C(=O)N(C)c2ccccc21. The highest BCUT2D eigenvalue weighted by Gasteiger charge is 2.37. The summed E-state index contributed by atoms with van der Waals surface area (Å²) in [6, 6.07) is 17.6. The Labute approximate surface area is 204 Å². The normalized spacial score (nSPS) is 15.1. The number of fused-ring (bicyclic) bond motifs is 1. The van der Waals surface area contributed by atoms with E-state index in [0.29, 0.717) is 39.7 Å². The van der Waals surface area contributed by atoms with E-state index in [1.54, 1.807) is 39.5 Å². The number of carbonyl (C=O) groups excluding carboxylic acids is 2. The first-order valence-corrected chi connectivity index (χ1v) is 11.1. The summed E-state index contributed by atoms with van der Waals surface area (Å²) in [6.45, 7) is 3.83. The molecule has 180 valence electrons. The second-order valence-electron chi connectivity index (χ2n) is 8.36. The van der Waals surface area contributed by atoms with Gasteiger partial charge < -0.3 is 20.1 Å². The molecular weight excluding hydrogens is 444 g/mol. The van der Waals surface area contributed by atoms with E-state index in [4.69, 9.17) is 20.2 Å². The summed E-state index contributed by atoms with van der Waals surface area (Å²) < 4.78 is 11.4. The molecule has 1 unspecified atom stereocenters. The predicted molar refractivity (Wildman–Crippen MR) is 137 cm³/mol. The van der Waals surface area contributed by atoms with Crippen molar-refractivity contribution in [1.82, 2.24) is 0 Å². The van der Waals surface area contributed by atoms with Gasteiger partial charge in [0.25, 0.3) is 5.91 Å². The smallest absolute Gasteiger partial charge is 0.321 e. The third-order valence-corrected chi connectivity index (χ3v) is 5.97. The van der Waals surface area contributed by atoms with Crippen LogP contribution >= 0.6 is 0 Å². The number of para-hydroxylation sites is 1. The number of methoxy groups -OCH3 is 2. The number of aliphatic imine (C=N–C) groups is 1. The van der Waals surface area contributed by atoms with Gasteiger partial charge in [0.05, 0.1) is 31.2 Å². The van der Waals surface area contributed by atoms with Gasteiger partial charge in [-0.15, -0.1) is 0 Å². The standard InChI is InChI=1S/C27H28N4O4/c1-16-9-8-10-18(13-16)31(27(28)33)25-26(32)30(3)20-12-7-6-11-19(20)24(29-25)23-21(34-4)14-17(2)15-22(23)35-5/h6-15,25H,1-5H3,(H2,28,33). The summed E-state index contributed by atoms with van der Waals surface area (Å²) in [4.78, 5) is 34.1. The topological polar surface area (TPSA) is 97.5 Å². The van der Waals surface area contributed by atoms with Gasteiger partial charge in [-0.3, -0.25) is 9.69 Å². The van der Waals surface area contributed by atoms with Crippen LogP contribution < -0.4 is 25.0 Å². The first-order chi connectivity index (χ1) is 16.8. The number of amides is 3. The van der Waals surface area contributed by atoms with Crippen molar-refractivity contribution in [1.29, 1.82) is 0 Å². The van der Waals surface area contributed by atoms with Gasteiger partial charge in [0, 0.05) is 18.3 Å². The minimum absolute atomic E-state index is 0.405. The van der Waals surface area contributed by atoms with Gasteiger partial charge in [0.2, 0.25) is 6.17 Å². The monoisotopic (exact) mass is 472 g/mol. The fourth-order valence-electron chi connectivity index (χ4n) is 4.32. The highest BCUT2D eigenvalue weighted by molar-refractivity contribution is 6.23. The first kappa shape index (κ1) is 23.8. The zero-order valence-electron chi connectivity index (χ0n) is 20.4. The number of likely N-dealkylation sites (N-methyl/N-ethyl adjacent to an activating group) is 1. The fraction of sp³-hybridized carbons (Fsp3) is 0.222. The number of nitrogens with two attached hydrogens (primary N) is 1. The maximum Gasteiger partial charge on any atom is 0.321 e. The van der Waals surface area contributed by atoms with E-state index in [1.807, 2.05) is 56.3 Å². The quantitative estimate of drug-likeness (QED) is 0.606. The van der Waals surface area contributed by atoms with Gasteiger partial charge in [-0.1, -0.05) is 30.3 Å². The second-order valence-corrected chi connectivity index (χ2v) is 8.36. The van der Waals surface area contributed by atoms with Gasteiger partial charge in [0.1, 0.15) is 11.5 Å². The zero-order chi connectivity index (χ0) is 25.3. The van der Waals surface area contributed by atoms with Crippen molar-refractivity contribution in [2.45, 2.75) is 20.0 Å². The summed E-state index contributed by atoms with van der Waals surface area (Å²) in [6.07, 6.45) is -1.25. The number of nitrogens with zero attached hydrogens (tertiary/aromatic N) is 3. The van der Waals surface area contributed by atoms with Gasteiger partial charge in [-0.25, -0.2) is 9.79 Å². The third kappa shape index (κ3) is 4.30. The molecule has 0 radical (unpaired) electrons. The van der Waals surface area contributed by atoms with E-state index in [-0.39, 0.29) is 0 Å². The lowest BCUT2D eigenvalue weighted by Gasteiger charge is -2.29. The number of ether oxygens (including phenoxy) is 2. The van der Waals surface area contributed by atoms with Crippen LogP contribution in [0.1, 0.15) is 22.3 Å². The molecule has 1 heterocycles. The first-order valence-electron chi connectivity index (χ1n) is 11.1. The molecule has 0 aromatic heterocycles. The van der Waals surface area contributed by atoms with Gasteiger partial charge >= 0.3 is 6.03 Å². The lowest BCUT2D eigenvalue weighted by atomic mass is 9.97. The summed E-state index contributed by atoms with van der Waals surface area (Å²) in [7, 11) is 4.79. The maximum atomic E-state index is 13.8. The van der Waals surface area contributed by atoms with Crippen LogP contribution in [-0.2, 0) is 4.79 Å². The molecule has 3 aromatic carbocycles. The van der Waals surface area contributed by atoms with Gasteiger partial charge in [-0.05, 0) is 55.3 Å². The molecule has 1 aliphatic rings. The Kier molecular flexibility index (Phi) is 6.46. The van der Waals surface area contributed by atoms with E-state index < -0.39 is 18.1 Å². The van der Waals surface area contributed by atoms with Crippen LogP contribution in [0.3, 0.4) is 0 Å². The van der Waals surface area contributed by atoms with Crippen LogP contribution in [0.25, 0.3) is 0 Å². The van der Waals surface area contributed by atoms with Crippen molar-refractivity contribution in [3.8, 4) is 11.5 Å². The Morgan fingerprint density at radius 1 is 0.971 bits per heavy atom. The Morgan fingerprint density at radius 2 is 1.63 bits per heavy atom. The minimum Gasteiger partial charge on any atom is -0.496 e. The van der Waals surface area contributed by atoms with Crippen molar-refractivity contribution < 1.29 is 19.1 Å². The molecule has 8 nitrogen and oxygen atoms in total. The van der Waals surface area contributed by atoms with Crippen molar-refractivity contribution in [2.75, 3.05) is 31.1 Å². The molecule has 0 bridgehead atoms. The second kappa shape index (κ2) is 9.50. The number of hydrogen-bond acceptors (Lipinski definition) is 5. The number of carbonyl (C=O) groups is 2. The van der Waals surface area contributed by atoms with E-state index in [9.17, 15) is 9.59 Å². The van der Waals surface area contributed by atoms with Crippen molar-refractivity contribution in [2.24, 2.45) is 10.7 Å². The predicted octanol–water partition coefficient (Wildman–Crippen LogP) is 4.05. The molecule has 3 aromatic rings. The molecule has 0 fully saturated rings. The third-order valence-electron chi connectivity index (χ3n) is 5.97. The fourth-order valence-corrected chi connectivity index (χ4v) is 4.32. The van der Waals surface area contributed by atoms with E-state index in [0.717, 1.165) is 11.1 Å². The molecular formula is C27H28N4O4. The summed E-state index contributed by atoms with van der Waals surface area (Å²) in [5.74, 6) is 0.664.